The van der Waals surface area contributed by atoms with Gasteiger partial charge in [-0.25, -0.2) is 0 Å². The molecule has 2 unspecified atom stereocenters. The average molecular weight is 306 g/mol. The molecule has 2 N–H and O–H groups in total. The first-order chi connectivity index (χ1) is 9.72. The van der Waals surface area contributed by atoms with Crippen LogP contribution in [0.2, 0.25) is 0 Å². The van der Waals surface area contributed by atoms with Crippen molar-refractivity contribution in [2.24, 2.45) is 0 Å². The predicted octanol–water partition coefficient (Wildman–Crippen LogP) is -1.51. The van der Waals surface area contributed by atoms with Crippen LogP contribution in [0, 0.1) is 0 Å². The Morgan fingerprint density at radius 2 is 1.48 bits per heavy atom. The van der Waals surface area contributed by atoms with Crippen molar-refractivity contribution < 1.29 is 43.5 Å². The van der Waals surface area contributed by atoms with Crippen LogP contribution in [0.4, 0.5) is 0 Å². The summed E-state index contributed by atoms with van der Waals surface area (Å²) in [6.07, 6.45) is -6.92. The molecule has 0 spiro atoms. The van der Waals surface area contributed by atoms with Crippen molar-refractivity contribution in [3.8, 4) is 0 Å². The van der Waals surface area contributed by atoms with E-state index in [1.54, 1.807) is 0 Å². The molecule has 1 fully saturated rings. The van der Waals surface area contributed by atoms with Crippen molar-refractivity contribution in [1.29, 1.82) is 0 Å². The Hall–Kier alpha value is -1.71. The number of hydrogen-bond acceptors (Lipinski definition) is 9. The van der Waals surface area contributed by atoms with Crippen molar-refractivity contribution in [2.75, 3.05) is 6.61 Å². The first-order valence-corrected chi connectivity index (χ1v) is 6.21. The normalized spacial score (nSPS) is 32.1. The van der Waals surface area contributed by atoms with Crippen LogP contribution in [0.1, 0.15) is 20.8 Å². The molecule has 9 nitrogen and oxygen atoms in total. The fourth-order valence-corrected chi connectivity index (χ4v) is 1.90. The lowest BCUT2D eigenvalue weighted by Gasteiger charge is -2.41. The third-order valence-corrected chi connectivity index (χ3v) is 2.69. The number of esters is 3. The Labute approximate surface area is 120 Å². The van der Waals surface area contributed by atoms with Gasteiger partial charge < -0.3 is 29.2 Å². The van der Waals surface area contributed by atoms with Gasteiger partial charge in [0.1, 0.15) is 18.8 Å². The third-order valence-electron chi connectivity index (χ3n) is 2.69. The van der Waals surface area contributed by atoms with E-state index in [2.05, 4.69) is 0 Å². The van der Waals surface area contributed by atoms with Gasteiger partial charge in [-0.3, -0.25) is 14.4 Å². The summed E-state index contributed by atoms with van der Waals surface area (Å²) in [5.41, 5.74) is 0. The van der Waals surface area contributed by atoms with Gasteiger partial charge >= 0.3 is 17.9 Å². The SMILES string of the molecule is CC(=O)OCC1O[C@H](O)C(O)[C@H](OC(C)=O)[C@H]1OC(C)=O. The van der Waals surface area contributed by atoms with Gasteiger partial charge in [-0.05, 0) is 0 Å². The summed E-state index contributed by atoms with van der Waals surface area (Å²) >= 11 is 0. The fraction of sp³-hybridized carbons (Fsp3) is 0.750. The molecule has 0 aromatic heterocycles. The minimum Gasteiger partial charge on any atom is -0.463 e. The smallest absolute Gasteiger partial charge is 0.303 e. The topological polar surface area (TPSA) is 129 Å². The summed E-state index contributed by atoms with van der Waals surface area (Å²) in [7, 11) is 0. The maximum atomic E-state index is 11.1. The molecule has 0 aromatic rings. The molecule has 5 atom stereocenters. The van der Waals surface area contributed by atoms with E-state index < -0.39 is 48.6 Å². The molecular formula is C12H18O9. The minimum atomic E-state index is -1.68. The maximum absolute atomic E-state index is 11.1. The molecule has 0 radical (unpaired) electrons. The summed E-state index contributed by atoms with van der Waals surface area (Å²) in [5.74, 6) is -2.06. The van der Waals surface area contributed by atoms with Gasteiger partial charge in [0.15, 0.2) is 18.5 Å². The average Bonchev–Trinajstić information content (AvgIpc) is 2.35. The van der Waals surface area contributed by atoms with Gasteiger partial charge in [-0.15, -0.1) is 0 Å². The highest BCUT2D eigenvalue weighted by Gasteiger charge is 2.49. The van der Waals surface area contributed by atoms with E-state index in [-0.39, 0.29) is 6.61 Å². The molecule has 1 heterocycles. The second-order valence-corrected chi connectivity index (χ2v) is 4.51. The van der Waals surface area contributed by atoms with Gasteiger partial charge in [-0.2, -0.15) is 0 Å². The highest BCUT2D eigenvalue weighted by molar-refractivity contribution is 5.67. The van der Waals surface area contributed by atoms with Crippen molar-refractivity contribution in [3.63, 3.8) is 0 Å². The second-order valence-electron chi connectivity index (χ2n) is 4.51. The molecule has 9 heteroatoms. The maximum Gasteiger partial charge on any atom is 0.303 e. The van der Waals surface area contributed by atoms with Crippen LogP contribution < -0.4 is 0 Å². The molecule has 0 amide bonds. The van der Waals surface area contributed by atoms with Crippen LogP contribution in [-0.2, 0) is 33.3 Å². The number of aliphatic hydroxyl groups is 2. The second kappa shape index (κ2) is 7.34. The number of hydrogen-bond donors (Lipinski definition) is 2. The predicted molar refractivity (Wildman–Crippen MR) is 64.6 cm³/mol. The summed E-state index contributed by atoms with van der Waals surface area (Å²) in [6, 6.07) is 0. The van der Waals surface area contributed by atoms with Crippen LogP contribution in [0.15, 0.2) is 0 Å². The monoisotopic (exact) mass is 306 g/mol. The fourth-order valence-electron chi connectivity index (χ4n) is 1.90. The quantitative estimate of drug-likeness (QED) is 0.470. The van der Waals surface area contributed by atoms with Crippen molar-refractivity contribution in [3.05, 3.63) is 0 Å². The van der Waals surface area contributed by atoms with E-state index in [9.17, 15) is 24.6 Å². The van der Waals surface area contributed by atoms with E-state index in [1.165, 1.54) is 6.92 Å². The molecule has 1 aliphatic heterocycles. The van der Waals surface area contributed by atoms with Crippen LogP contribution >= 0.6 is 0 Å². The van der Waals surface area contributed by atoms with E-state index in [4.69, 9.17) is 18.9 Å². The largest absolute Gasteiger partial charge is 0.463 e. The molecular weight excluding hydrogens is 288 g/mol. The van der Waals surface area contributed by atoms with Crippen LogP contribution in [0.25, 0.3) is 0 Å². The number of ether oxygens (including phenoxy) is 4. The van der Waals surface area contributed by atoms with Crippen LogP contribution in [0.5, 0.6) is 0 Å². The van der Waals surface area contributed by atoms with Gasteiger partial charge in [0.25, 0.3) is 0 Å². The van der Waals surface area contributed by atoms with Crippen LogP contribution in [-0.4, -0.2) is 65.4 Å². The zero-order chi connectivity index (χ0) is 16.2. The first kappa shape index (κ1) is 17.3. The summed E-state index contributed by atoms with van der Waals surface area (Å²) in [4.78, 5) is 33.1. The van der Waals surface area contributed by atoms with Gasteiger partial charge in [-0.1, -0.05) is 0 Å². The molecule has 1 rings (SSSR count). The molecule has 120 valence electrons. The molecule has 21 heavy (non-hydrogen) atoms. The number of aliphatic hydroxyl groups excluding tert-OH is 2. The number of rotatable bonds is 4. The Morgan fingerprint density at radius 3 is 1.95 bits per heavy atom. The van der Waals surface area contributed by atoms with E-state index in [1.807, 2.05) is 0 Å². The first-order valence-electron chi connectivity index (χ1n) is 6.21. The Morgan fingerprint density at radius 1 is 0.952 bits per heavy atom. The Balaban J connectivity index is 2.94. The van der Waals surface area contributed by atoms with E-state index in [0.717, 1.165) is 13.8 Å². The summed E-state index contributed by atoms with van der Waals surface area (Å²) < 4.78 is 19.6. The summed E-state index contributed by atoms with van der Waals surface area (Å²) in [5, 5.41) is 19.4. The van der Waals surface area contributed by atoms with Gasteiger partial charge in [0.05, 0.1) is 0 Å². The Bertz CT molecular complexity index is 408. The van der Waals surface area contributed by atoms with E-state index in [0.29, 0.717) is 0 Å². The lowest BCUT2D eigenvalue weighted by molar-refractivity contribution is -0.293. The Kier molecular flexibility index (Phi) is 6.06. The molecule has 0 saturated carbocycles. The van der Waals surface area contributed by atoms with Crippen molar-refractivity contribution in [2.45, 2.75) is 51.5 Å². The molecule has 1 aliphatic rings. The number of carbonyl (C=O) groups is 3. The van der Waals surface area contributed by atoms with Gasteiger partial charge in [0, 0.05) is 20.8 Å². The van der Waals surface area contributed by atoms with Gasteiger partial charge in [0.2, 0.25) is 0 Å². The van der Waals surface area contributed by atoms with E-state index >= 15 is 0 Å². The third kappa shape index (κ3) is 4.96. The zero-order valence-electron chi connectivity index (χ0n) is 11.8. The van der Waals surface area contributed by atoms with Crippen LogP contribution in [0.3, 0.4) is 0 Å². The van der Waals surface area contributed by atoms with Crippen molar-refractivity contribution >= 4 is 17.9 Å². The van der Waals surface area contributed by atoms with Crippen molar-refractivity contribution in [1.82, 2.24) is 0 Å². The highest BCUT2D eigenvalue weighted by Crippen LogP contribution is 2.25. The molecule has 0 bridgehead atoms. The minimum absolute atomic E-state index is 0.338. The highest BCUT2D eigenvalue weighted by atomic mass is 16.7. The molecule has 0 aromatic carbocycles. The molecule has 0 aliphatic carbocycles. The lowest BCUT2D eigenvalue weighted by atomic mass is 9.98. The summed E-state index contributed by atoms with van der Waals surface area (Å²) in [6.45, 7) is 3.04. The standard InChI is InChI=1S/C12H18O9/c1-5(13)18-4-8-10(19-6(2)14)11(20-7(3)15)9(16)12(17)21-8/h8-12,16-17H,4H2,1-3H3/t8?,9?,10-,11-,12-/m0/s1. The molecule has 1 saturated heterocycles. The zero-order valence-corrected chi connectivity index (χ0v) is 11.8. The number of carbonyl (C=O) groups excluding carboxylic acids is 3. The lowest BCUT2D eigenvalue weighted by Crippen LogP contribution is -2.61.